The SMILES string of the molecule is CSc1nccc(Cc2n[nH]c(=O)c3c2CCCC3)n1. The number of hydrogen-bond donors (Lipinski definition) is 1. The minimum Gasteiger partial charge on any atom is -0.268 e. The molecule has 0 unspecified atom stereocenters. The smallest absolute Gasteiger partial charge is 0.267 e. The molecule has 1 N–H and O–H groups in total. The van der Waals surface area contributed by atoms with Crippen molar-refractivity contribution in [2.75, 3.05) is 6.26 Å². The zero-order chi connectivity index (χ0) is 13.9. The van der Waals surface area contributed by atoms with E-state index in [2.05, 4.69) is 20.2 Å². The van der Waals surface area contributed by atoms with Gasteiger partial charge < -0.3 is 0 Å². The summed E-state index contributed by atoms with van der Waals surface area (Å²) < 4.78 is 0. The zero-order valence-electron chi connectivity index (χ0n) is 11.3. The van der Waals surface area contributed by atoms with E-state index >= 15 is 0 Å². The largest absolute Gasteiger partial charge is 0.268 e. The van der Waals surface area contributed by atoms with Crippen LogP contribution < -0.4 is 5.56 Å². The Morgan fingerprint density at radius 2 is 2.10 bits per heavy atom. The molecule has 1 aliphatic carbocycles. The number of aromatic nitrogens is 4. The molecule has 2 heterocycles. The van der Waals surface area contributed by atoms with Crippen LogP contribution in [0.3, 0.4) is 0 Å². The summed E-state index contributed by atoms with van der Waals surface area (Å²) >= 11 is 1.52. The summed E-state index contributed by atoms with van der Waals surface area (Å²) in [5.41, 5.74) is 3.90. The van der Waals surface area contributed by atoms with E-state index in [9.17, 15) is 4.79 Å². The minimum absolute atomic E-state index is 0.0315. The van der Waals surface area contributed by atoms with Gasteiger partial charge in [-0.3, -0.25) is 4.79 Å². The predicted molar refractivity (Wildman–Crippen MR) is 78.1 cm³/mol. The molecule has 3 rings (SSSR count). The van der Waals surface area contributed by atoms with Crippen LogP contribution in [0, 0.1) is 0 Å². The number of rotatable bonds is 3. The summed E-state index contributed by atoms with van der Waals surface area (Å²) in [6.45, 7) is 0. The third kappa shape index (κ3) is 2.60. The molecule has 0 spiro atoms. The Labute approximate surface area is 121 Å². The Kier molecular flexibility index (Phi) is 3.82. The van der Waals surface area contributed by atoms with Gasteiger partial charge in [-0.15, -0.1) is 0 Å². The molecule has 1 aliphatic rings. The molecule has 0 saturated carbocycles. The second-order valence-corrected chi connectivity index (χ2v) is 5.65. The van der Waals surface area contributed by atoms with Crippen LogP contribution in [0.2, 0.25) is 0 Å². The Morgan fingerprint density at radius 1 is 1.30 bits per heavy atom. The number of nitrogens with one attached hydrogen (secondary N) is 1. The fraction of sp³-hybridized carbons (Fsp3) is 0.429. The van der Waals surface area contributed by atoms with Crippen molar-refractivity contribution in [3.8, 4) is 0 Å². The average Bonchev–Trinajstić information content (AvgIpc) is 2.51. The topological polar surface area (TPSA) is 71.5 Å². The van der Waals surface area contributed by atoms with Gasteiger partial charge in [0.2, 0.25) is 0 Å². The number of H-pyrrole nitrogens is 1. The number of fused-ring (bicyclic) bond motifs is 1. The Hall–Kier alpha value is -1.69. The van der Waals surface area contributed by atoms with Gasteiger partial charge in [-0.2, -0.15) is 5.10 Å². The van der Waals surface area contributed by atoms with Crippen molar-refractivity contribution in [1.29, 1.82) is 0 Å². The Bertz CT molecular complexity index is 683. The van der Waals surface area contributed by atoms with Gasteiger partial charge in [0.05, 0.1) is 11.4 Å². The van der Waals surface area contributed by atoms with Gasteiger partial charge in [0.25, 0.3) is 5.56 Å². The average molecular weight is 288 g/mol. The first-order chi connectivity index (χ1) is 9.78. The van der Waals surface area contributed by atoms with Gasteiger partial charge >= 0.3 is 0 Å². The van der Waals surface area contributed by atoms with E-state index in [1.165, 1.54) is 11.8 Å². The van der Waals surface area contributed by atoms with Crippen LogP contribution in [0.5, 0.6) is 0 Å². The van der Waals surface area contributed by atoms with Crippen molar-refractivity contribution in [3.05, 3.63) is 45.1 Å². The fourth-order valence-electron chi connectivity index (χ4n) is 2.62. The molecule has 6 heteroatoms. The third-order valence-electron chi connectivity index (χ3n) is 3.60. The molecule has 0 fully saturated rings. The molecule has 0 radical (unpaired) electrons. The Morgan fingerprint density at radius 3 is 2.90 bits per heavy atom. The predicted octanol–water partition coefficient (Wildman–Crippen LogP) is 1.75. The molecule has 0 saturated heterocycles. The molecule has 0 amide bonds. The van der Waals surface area contributed by atoms with Crippen LogP contribution >= 0.6 is 11.8 Å². The highest BCUT2D eigenvalue weighted by atomic mass is 32.2. The highest BCUT2D eigenvalue weighted by molar-refractivity contribution is 7.98. The van der Waals surface area contributed by atoms with Crippen LogP contribution in [-0.4, -0.2) is 26.4 Å². The van der Waals surface area contributed by atoms with Gasteiger partial charge in [-0.05, 0) is 43.6 Å². The number of nitrogens with zero attached hydrogens (tertiary/aromatic N) is 3. The summed E-state index contributed by atoms with van der Waals surface area (Å²) in [6.07, 6.45) is 8.40. The lowest BCUT2D eigenvalue weighted by molar-refractivity contribution is 0.654. The van der Waals surface area contributed by atoms with E-state index in [4.69, 9.17) is 0 Å². The van der Waals surface area contributed by atoms with Crippen molar-refractivity contribution in [1.82, 2.24) is 20.2 Å². The third-order valence-corrected chi connectivity index (χ3v) is 4.17. The summed E-state index contributed by atoms with van der Waals surface area (Å²) in [5.74, 6) is 0. The molecule has 20 heavy (non-hydrogen) atoms. The lowest BCUT2D eigenvalue weighted by Crippen LogP contribution is -2.23. The van der Waals surface area contributed by atoms with E-state index in [-0.39, 0.29) is 5.56 Å². The monoisotopic (exact) mass is 288 g/mol. The van der Waals surface area contributed by atoms with Gasteiger partial charge in [0.15, 0.2) is 5.16 Å². The number of thioether (sulfide) groups is 1. The zero-order valence-corrected chi connectivity index (χ0v) is 12.2. The molecule has 2 aromatic heterocycles. The van der Waals surface area contributed by atoms with E-state index in [1.54, 1.807) is 6.20 Å². The summed E-state index contributed by atoms with van der Waals surface area (Å²) in [6, 6.07) is 1.90. The fourth-order valence-corrected chi connectivity index (χ4v) is 2.99. The number of aromatic amines is 1. The molecular weight excluding hydrogens is 272 g/mol. The molecular formula is C14H16N4OS. The van der Waals surface area contributed by atoms with Crippen molar-refractivity contribution in [3.63, 3.8) is 0 Å². The van der Waals surface area contributed by atoms with Crippen molar-refractivity contribution < 1.29 is 0 Å². The summed E-state index contributed by atoms with van der Waals surface area (Å²) in [7, 11) is 0. The van der Waals surface area contributed by atoms with Crippen LogP contribution in [0.25, 0.3) is 0 Å². The highest BCUT2D eigenvalue weighted by Crippen LogP contribution is 2.21. The van der Waals surface area contributed by atoms with Gasteiger partial charge in [0, 0.05) is 18.2 Å². The van der Waals surface area contributed by atoms with Gasteiger partial charge in [-0.1, -0.05) is 11.8 Å². The Balaban J connectivity index is 1.96. The summed E-state index contributed by atoms with van der Waals surface area (Å²) in [5, 5.41) is 7.62. The molecule has 0 atom stereocenters. The molecule has 0 aliphatic heterocycles. The van der Waals surface area contributed by atoms with E-state index in [0.717, 1.165) is 53.4 Å². The molecule has 104 valence electrons. The van der Waals surface area contributed by atoms with Crippen molar-refractivity contribution in [2.45, 2.75) is 37.3 Å². The molecule has 0 aromatic carbocycles. The van der Waals surface area contributed by atoms with Gasteiger partial charge in [-0.25, -0.2) is 15.1 Å². The quantitative estimate of drug-likeness (QED) is 0.688. The van der Waals surface area contributed by atoms with Gasteiger partial charge in [0.1, 0.15) is 0 Å². The minimum atomic E-state index is -0.0315. The maximum Gasteiger partial charge on any atom is 0.267 e. The lowest BCUT2D eigenvalue weighted by Gasteiger charge is -2.17. The van der Waals surface area contributed by atoms with E-state index < -0.39 is 0 Å². The highest BCUT2D eigenvalue weighted by Gasteiger charge is 2.18. The molecule has 5 nitrogen and oxygen atoms in total. The summed E-state index contributed by atoms with van der Waals surface area (Å²) in [4.78, 5) is 20.5. The standard InChI is InChI=1S/C14H16N4OS/c1-20-14-15-7-6-9(16-14)8-12-10-4-2-3-5-11(10)13(19)18-17-12/h6-7H,2-5,8H2,1H3,(H,18,19). The van der Waals surface area contributed by atoms with Crippen LogP contribution in [-0.2, 0) is 19.3 Å². The van der Waals surface area contributed by atoms with Crippen LogP contribution in [0.15, 0.2) is 22.2 Å². The number of hydrogen-bond acceptors (Lipinski definition) is 5. The lowest BCUT2D eigenvalue weighted by atomic mass is 9.91. The first-order valence-electron chi connectivity index (χ1n) is 6.73. The first kappa shape index (κ1) is 13.3. The van der Waals surface area contributed by atoms with Crippen LogP contribution in [0.1, 0.15) is 35.4 Å². The van der Waals surface area contributed by atoms with E-state index in [0.29, 0.717) is 6.42 Å². The van der Waals surface area contributed by atoms with Crippen LogP contribution in [0.4, 0.5) is 0 Å². The second-order valence-electron chi connectivity index (χ2n) is 4.88. The maximum atomic E-state index is 11.8. The second kappa shape index (κ2) is 5.75. The normalized spacial score (nSPS) is 14.1. The van der Waals surface area contributed by atoms with E-state index in [1.807, 2.05) is 12.3 Å². The maximum absolute atomic E-state index is 11.8. The molecule has 0 bridgehead atoms. The van der Waals surface area contributed by atoms with Crippen molar-refractivity contribution >= 4 is 11.8 Å². The molecule has 2 aromatic rings. The first-order valence-corrected chi connectivity index (χ1v) is 7.95. The van der Waals surface area contributed by atoms with Crippen molar-refractivity contribution in [2.24, 2.45) is 0 Å².